The van der Waals surface area contributed by atoms with Gasteiger partial charge in [0.05, 0.1) is 5.56 Å². The summed E-state index contributed by atoms with van der Waals surface area (Å²) in [5.74, 6) is -4.91. The highest BCUT2D eigenvalue weighted by atomic mass is 35.5. The van der Waals surface area contributed by atoms with Crippen LogP contribution in [0, 0.1) is 13.8 Å². The lowest BCUT2D eigenvalue weighted by Gasteiger charge is -2.25. The average molecular weight is 530 g/mol. The number of rotatable bonds is 5. The lowest BCUT2D eigenvalue weighted by molar-refractivity contribution is -0.253. The van der Waals surface area contributed by atoms with E-state index in [1.54, 1.807) is 0 Å². The van der Waals surface area contributed by atoms with Crippen LogP contribution in [0.4, 0.5) is 37.7 Å². The van der Waals surface area contributed by atoms with Crippen LogP contribution in [0.1, 0.15) is 43.3 Å². The first-order chi connectivity index (χ1) is 16.7. The maximum Gasteiger partial charge on any atom is 0.404 e. The van der Waals surface area contributed by atoms with E-state index in [1.807, 2.05) is 0 Å². The minimum absolute atomic E-state index is 0.0171. The van der Waals surface area contributed by atoms with Crippen LogP contribution in [0.25, 0.3) is 0 Å². The largest absolute Gasteiger partial charge is 0.404 e. The monoisotopic (exact) mass is 529 g/mol. The molecule has 12 heteroatoms. The number of alkyl halides is 6. The van der Waals surface area contributed by atoms with E-state index in [2.05, 4.69) is 15.6 Å². The van der Waals surface area contributed by atoms with Crippen LogP contribution in [0.2, 0.25) is 5.15 Å². The number of anilines is 2. The maximum atomic E-state index is 13.1. The summed E-state index contributed by atoms with van der Waals surface area (Å²) in [6.45, 7) is 2.59. The smallest absolute Gasteiger partial charge is 0.322 e. The zero-order valence-corrected chi connectivity index (χ0v) is 19.4. The Kier molecular flexibility index (Phi) is 7.63. The fraction of sp³-hybridized carbons (Fsp3) is 0.208. The summed E-state index contributed by atoms with van der Waals surface area (Å²) in [6, 6.07) is 10.2. The maximum absolute atomic E-state index is 13.1. The van der Waals surface area contributed by atoms with Gasteiger partial charge in [0, 0.05) is 23.1 Å². The van der Waals surface area contributed by atoms with E-state index in [9.17, 15) is 35.9 Å². The first kappa shape index (κ1) is 27.0. The minimum atomic E-state index is -5.53. The van der Waals surface area contributed by atoms with Crippen LogP contribution in [-0.2, 0) is 0 Å². The molecule has 0 spiro atoms. The Morgan fingerprint density at radius 2 is 1.47 bits per heavy atom. The topological polar surface area (TPSA) is 71.1 Å². The minimum Gasteiger partial charge on any atom is -0.322 e. The Morgan fingerprint density at radius 3 is 2.03 bits per heavy atom. The summed E-state index contributed by atoms with van der Waals surface area (Å²) in [4.78, 5) is 29.0. The molecule has 0 aliphatic heterocycles. The first-order valence-corrected chi connectivity index (χ1v) is 10.6. The van der Waals surface area contributed by atoms with Crippen molar-refractivity contribution in [3.63, 3.8) is 0 Å². The zero-order valence-electron chi connectivity index (χ0n) is 18.7. The van der Waals surface area contributed by atoms with E-state index < -0.39 is 35.6 Å². The molecule has 0 aliphatic carbocycles. The predicted molar refractivity (Wildman–Crippen MR) is 122 cm³/mol. The number of halogens is 7. The number of nitrogens with one attached hydrogen (secondary N) is 2. The molecule has 2 amide bonds. The second kappa shape index (κ2) is 10.2. The highest BCUT2D eigenvalue weighted by molar-refractivity contribution is 6.33. The predicted octanol–water partition coefficient (Wildman–Crippen LogP) is 7.06. The van der Waals surface area contributed by atoms with Crippen molar-refractivity contribution in [2.24, 2.45) is 0 Å². The fourth-order valence-electron chi connectivity index (χ4n) is 3.60. The summed E-state index contributed by atoms with van der Waals surface area (Å²) in [5, 5.41) is 5.07. The molecule has 190 valence electrons. The Hall–Kier alpha value is -3.60. The summed E-state index contributed by atoms with van der Waals surface area (Å²) in [5.41, 5.74) is -0.424. The van der Waals surface area contributed by atoms with Crippen molar-refractivity contribution in [3.05, 3.63) is 87.7 Å². The molecule has 0 bridgehead atoms. The van der Waals surface area contributed by atoms with Gasteiger partial charge in [-0.1, -0.05) is 29.8 Å². The van der Waals surface area contributed by atoms with Crippen LogP contribution in [0.3, 0.4) is 0 Å². The molecule has 0 radical (unpaired) electrons. The van der Waals surface area contributed by atoms with E-state index in [4.69, 9.17) is 11.6 Å². The SMILES string of the molecule is Cc1cc(C(C(F)(F)F)C(F)(F)F)cc(C)c1NC(=O)c1cccc(NC(=O)c2cccnc2Cl)c1. The lowest BCUT2D eigenvalue weighted by atomic mass is 9.93. The number of benzene rings is 2. The molecule has 0 fully saturated rings. The first-order valence-electron chi connectivity index (χ1n) is 10.3. The summed E-state index contributed by atoms with van der Waals surface area (Å²) >= 11 is 5.91. The van der Waals surface area contributed by atoms with Crippen molar-refractivity contribution in [3.8, 4) is 0 Å². The van der Waals surface area contributed by atoms with Crippen molar-refractivity contribution in [2.75, 3.05) is 10.6 Å². The van der Waals surface area contributed by atoms with Crippen LogP contribution >= 0.6 is 11.6 Å². The number of pyridine rings is 1. The number of nitrogens with zero attached hydrogens (tertiary/aromatic N) is 1. The quantitative estimate of drug-likeness (QED) is 0.274. The van der Waals surface area contributed by atoms with Gasteiger partial charge in [-0.25, -0.2) is 4.98 Å². The Labute approximate surface area is 206 Å². The molecular formula is C24H18ClF6N3O2. The molecule has 3 rings (SSSR count). The molecule has 2 N–H and O–H groups in total. The normalized spacial score (nSPS) is 11.9. The molecule has 3 aromatic rings. The van der Waals surface area contributed by atoms with Gasteiger partial charge in [-0.3, -0.25) is 9.59 Å². The number of aryl methyl sites for hydroxylation is 2. The van der Waals surface area contributed by atoms with Crippen LogP contribution in [-0.4, -0.2) is 29.2 Å². The number of carbonyl (C=O) groups is 2. The van der Waals surface area contributed by atoms with Gasteiger partial charge in [0.25, 0.3) is 11.8 Å². The van der Waals surface area contributed by atoms with E-state index in [0.29, 0.717) is 0 Å². The molecule has 1 aromatic heterocycles. The number of hydrogen-bond donors (Lipinski definition) is 2. The standard InChI is InChI=1S/C24H18ClF6N3O2/c1-12-9-15(19(23(26,27)28)24(29,30)31)10-13(2)18(12)34-21(35)14-5-3-6-16(11-14)33-22(36)17-7-4-8-32-20(17)25/h3-11,19H,1-2H3,(H,33,36)(H,34,35). The third-order valence-electron chi connectivity index (χ3n) is 5.17. The summed E-state index contributed by atoms with van der Waals surface area (Å²) < 4.78 is 78.8. The second-order valence-electron chi connectivity index (χ2n) is 7.88. The lowest BCUT2D eigenvalue weighted by Crippen LogP contribution is -2.34. The van der Waals surface area contributed by atoms with Crippen LogP contribution in [0.5, 0.6) is 0 Å². The molecule has 2 aromatic carbocycles. The van der Waals surface area contributed by atoms with E-state index in [1.165, 1.54) is 56.4 Å². The van der Waals surface area contributed by atoms with E-state index in [0.717, 1.165) is 12.1 Å². The van der Waals surface area contributed by atoms with Crippen molar-refractivity contribution in [1.29, 1.82) is 0 Å². The van der Waals surface area contributed by atoms with Crippen molar-refractivity contribution in [2.45, 2.75) is 32.1 Å². The third kappa shape index (κ3) is 6.14. The van der Waals surface area contributed by atoms with Gasteiger partial charge < -0.3 is 10.6 Å². The van der Waals surface area contributed by atoms with Gasteiger partial charge in [-0.05, 0) is 60.9 Å². The zero-order chi connectivity index (χ0) is 26.8. The Morgan fingerprint density at radius 1 is 0.861 bits per heavy atom. The molecule has 1 heterocycles. The van der Waals surface area contributed by atoms with E-state index in [-0.39, 0.29) is 38.8 Å². The fourth-order valence-corrected chi connectivity index (χ4v) is 3.81. The number of hydrogen-bond acceptors (Lipinski definition) is 3. The van der Waals surface area contributed by atoms with Crippen molar-refractivity contribution in [1.82, 2.24) is 4.98 Å². The van der Waals surface area contributed by atoms with Crippen molar-refractivity contribution < 1.29 is 35.9 Å². The highest BCUT2D eigenvalue weighted by Gasteiger charge is 2.57. The van der Waals surface area contributed by atoms with E-state index >= 15 is 0 Å². The van der Waals surface area contributed by atoms with Gasteiger partial charge >= 0.3 is 12.4 Å². The highest BCUT2D eigenvalue weighted by Crippen LogP contribution is 2.47. The van der Waals surface area contributed by atoms with Gasteiger partial charge in [0.15, 0.2) is 5.92 Å². The third-order valence-corrected chi connectivity index (χ3v) is 5.47. The molecule has 36 heavy (non-hydrogen) atoms. The number of carbonyl (C=O) groups excluding carboxylic acids is 2. The van der Waals surface area contributed by atoms with Gasteiger partial charge in [-0.15, -0.1) is 0 Å². The molecule has 0 saturated heterocycles. The molecule has 5 nitrogen and oxygen atoms in total. The van der Waals surface area contributed by atoms with Gasteiger partial charge in [-0.2, -0.15) is 26.3 Å². The number of aromatic nitrogens is 1. The Bertz CT molecular complexity index is 1270. The van der Waals surface area contributed by atoms with Gasteiger partial charge in [0.2, 0.25) is 0 Å². The molecule has 0 saturated carbocycles. The second-order valence-corrected chi connectivity index (χ2v) is 8.23. The summed E-state index contributed by atoms with van der Waals surface area (Å²) in [7, 11) is 0. The molecule has 0 aliphatic rings. The Balaban J connectivity index is 1.83. The van der Waals surface area contributed by atoms with Crippen LogP contribution in [0.15, 0.2) is 54.7 Å². The molecule has 0 atom stereocenters. The van der Waals surface area contributed by atoms with Gasteiger partial charge in [0.1, 0.15) is 5.15 Å². The van der Waals surface area contributed by atoms with Crippen molar-refractivity contribution >= 4 is 34.8 Å². The molecular weight excluding hydrogens is 512 g/mol. The van der Waals surface area contributed by atoms with Crippen LogP contribution < -0.4 is 10.6 Å². The average Bonchev–Trinajstić information content (AvgIpc) is 2.74. The molecule has 0 unspecified atom stereocenters. The summed E-state index contributed by atoms with van der Waals surface area (Å²) in [6.07, 6.45) is -9.66. The number of amides is 2.